The van der Waals surface area contributed by atoms with Crippen molar-refractivity contribution in [1.29, 1.82) is 0 Å². The lowest BCUT2D eigenvalue weighted by molar-refractivity contribution is 0.592. The molecule has 18 aromatic carbocycles. The number of hydrogen-bond acceptors (Lipinski definition) is 14. The molecule has 24 heteroatoms. The third kappa shape index (κ3) is 13.3. The lowest BCUT2D eigenvalue weighted by atomic mass is 9.98. The molecule has 0 saturated carbocycles. The van der Waals surface area contributed by atoms with Crippen molar-refractivity contribution in [2.24, 2.45) is 0 Å². The molecule has 0 spiro atoms. The van der Waals surface area contributed by atoms with E-state index < -0.39 is 45.4 Å². The van der Waals surface area contributed by atoms with Crippen LogP contribution >= 0.6 is 0 Å². The van der Waals surface area contributed by atoms with Crippen molar-refractivity contribution in [2.45, 2.75) is 92.5 Å². The van der Waals surface area contributed by atoms with E-state index in [1.807, 2.05) is 233 Å². The zero-order valence-electron chi connectivity index (χ0n) is 82.7. The number of imidazole rings is 4. The number of aryl methyl sites for hydroxylation is 4. The van der Waals surface area contributed by atoms with E-state index in [1.165, 1.54) is 32.3 Å². The van der Waals surface area contributed by atoms with Crippen LogP contribution in [0.25, 0.3) is 200 Å². The molecule has 11 heterocycles. The van der Waals surface area contributed by atoms with Gasteiger partial charge in [-0.15, -0.1) is 0 Å². The fourth-order valence-corrected chi connectivity index (χ4v) is 27.9. The molecular formula is C120H84N12O8S4. The van der Waals surface area contributed by atoms with Gasteiger partial charge < -0.3 is 9.13 Å². The minimum atomic E-state index is -3.70. The molecule has 0 amide bonds. The lowest BCUT2D eigenvalue weighted by Gasteiger charge is -2.22. The fourth-order valence-electron chi connectivity index (χ4n) is 21.5. The summed E-state index contributed by atoms with van der Waals surface area (Å²) in [6.45, 7) is 8.13. The van der Waals surface area contributed by atoms with Gasteiger partial charge in [-0.1, -0.05) is 270 Å². The Kier molecular flexibility index (Phi) is 18.9. The maximum Gasteiger partial charge on any atom is 0.210 e. The summed E-state index contributed by atoms with van der Waals surface area (Å²) in [6.07, 6.45) is 2.72. The van der Waals surface area contributed by atoms with Crippen molar-refractivity contribution < 1.29 is 40.5 Å². The van der Waals surface area contributed by atoms with Gasteiger partial charge in [0.05, 0.1) is 157 Å². The summed E-state index contributed by atoms with van der Waals surface area (Å²) in [4.78, 5) is 31.3. The molecule has 0 unspecified atom stereocenters. The van der Waals surface area contributed by atoms with E-state index >= 15 is 0 Å². The fraction of sp³-hybridized carbons (Fsp3) is 0.0667. The largest absolute Gasteiger partial charge is 0.309 e. The monoisotopic (exact) mass is 1950 g/mol. The molecule has 0 atom stereocenters. The molecule has 696 valence electrons. The van der Waals surface area contributed by atoms with Crippen molar-refractivity contribution in [2.75, 3.05) is 0 Å². The summed E-state index contributed by atoms with van der Waals surface area (Å²) in [7, 11) is -14.7. The third-order valence-electron chi connectivity index (χ3n) is 28.0. The van der Waals surface area contributed by atoms with Crippen LogP contribution in [0.3, 0.4) is 0 Å². The highest BCUT2D eigenvalue weighted by molar-refractivity contribution is 7.93. The second-order valence-corrected chi connectivity index (χ2v) is 43.4. The Labute approximate surface area is 834 Å². The first-order valence-corrected chi connectivity index (χ1v) is 53.4. The standard InChI is InChI=1S/C33H24N2O2S.C31H21N3O2S.C29H20N4O2S.C27H19N3O2S/c1-2-32-34-28-9-6-10-31-33(28)35(32)29-21-27(19-20-30(29)38(31,36)37)26-17-15-25(16-18-26)24-13-11-23(12-14-24)22-7-4-3-5-8-22;1-2-29-32-23-11-7-13-28-31(23)34(29)26-18-20(15-17-27(26)37(28,35)36)33-24-12-6-5-10-22(24)30-21-9-4-3-8-19(21)14-16-25(30)33;1-2-26-30-22-13-8-14-25-29(22)33(26)23-17-19(15-16-24(23)36(25,34)35)28-27(18-9-4-3-5-10-18)31-20-11-6-7-12-21(20)32-28;1-2-26-28-20-10-7-13-25-27(20)30(26)23-16-17(14-15-24(23)33(25,31)32)29-21-11-5-3-8-18(21)19-9-4-6-12-22(19)29/h3-21H,2H2,1H3;3-18H,2H2,1H3;3-17H,2H2,1H3;3-16H,2H2,1H3/i3D,4D,5D,7D,8D;;;. The predicted molar refractivity (Wildman–Crippen MR) is 570 cm³/mol. The van der Waals surface area contributed by atoms with Crippen molar-refractivity contribution in [1.82, 2.24) is 57.3 Å². The van der Waals surface area contributed by atoms with Gasteiger partial charge in [-0.25, -0.2) is 63.6 Å². The molecule has 7 aromatic heterocycles. The predicted octanol–water partition coefficient (Wildman–Crippen LogP) is 26.6. The normalized spacial score (nSPS) is 14.3. The quantitative estimate of drug-likeness (QED) is 0.117. The zero-order valence-corrected chi connectivity index (χ0v) is 80.9. The van der Waals surface area contributed by atoms with E-state index in [9.17, 15) is 33.7 Å². The number of aromatic nitrogens is 12. The van der Waals surface area contributed by atoms with Crippen LogP contribution in [0.15, 0.2) is 427 Å². The topological polar surface area (TPSA) is 243 Å². The third-order valence-corrected chi connectivity index (χ3v) is 35.3. The Morgan fingerprint density at radius 1 is 0.229 bits per heavy atom. The minimum Gasteiger partial charge on any atom is -0.309 e. The molecular weight excluding hydrogens is 1870 g/mol. The summed E-state index contributed by atoms with van der Waals surface area (Å²) >= 11 is 0. The molecule has 4 aliphatic heterocycles. The highest BCUT2D eigenvalue weighted by Gasteiger charge is 2.40. The number of sulfone groups is 4. The molecule has 0 N–H and O–H groups in total. The lowest BCUT2D eigenvalue weighted by Crippen LogP contribution is -2.16. The number of benzene rings is 18. The Hall–Kier alpha value is -17.2. The summed E-state index contributed by atoms with van der Waals surface area (Å²) in [5.41, 5.74) is 23.2. The molecule has 29 rings (SSSR count). The van der Waals surface area contributed by atoms with Crippen LogP contribution in [-0.4, -0.2) is 91.0 Å². The molecule has 0 fully saturated rings. The van der Waals surface area contributed by atoms with E-state index in [1.54, 1.807) is 84.9 Å². The van der Waals surface area contributed by atoms with Crippen molar-refractivity contribution in [3.05, 3.63) is 411 Å². The summed E-state index contributed by atoms with van der Waals surface area (Å²) < 4.78 is 162. The van der Waals surface area contributed by atoms with E-state index in [4.69, 9.17) is 36.8 Å². The highest BCUT2D eigenvalue weighted by atomic mass is 32.2. The minimum absolute atomic E-state index is 0.173. The Balaban J connectivity index is 0.000000101. The molecule has 4 aliphatic rings. The van der Waals surface area contributed by atoms with Crippen LogP contribution in [-0.2, 0) is 65.0 Å². The average molecular weight is 1960 g/mol. The number of hydrogen-bond donors (Lipinski definition) is 0. The molecule has 25 aromatic rings. The smallest absolute Gasteiger partial charge is 0.210 e. The molecule has 0 aliphatic carbocycles. The second kappa shape index (κ2) is 33.3. The van der Waals surface area contributed by atoms with Crippen molar-refractivity contribution >= 4 is 149 Å². The SMILES string of the molecule is CCc1nc2cccc3c2n1-c1cc(-c2nc4ccccc4nc2-c2ccccc2)ccc1S3(=O)=O.CCc1nc2cccc3c2n1-c1cc(-n2c4ccccc4c4c5ccccc5ccc42)ccc1S3(=O)=O.CCc1nc2cccc3c2n1-c1cc(-n2c4ccccc4c4ccccc42)ccc1S3(=O)=O.[2H]c1c([2H])c([2H])c(-c2ccc(-c3ccc(-c4ccc5c(c4)-n4c(CC)nc6cccc(c64)S5(=O)=O)cc3)cc2)c([2H])c1[2H]. The average Bonchev–Trinajstić information content (AvgIpc) is 1.61. The summed E-state index contributed by atoms with van der Waals surface area (Å²) in [5.74, 6) is 3.33. The van der Waals surface area contributed by atoms with Crippen LogP contribution in [0.5, 0.6) is 0 Å². The van der Waals surface area contributed by atoms with Crippen molar-refractivity contribution in [3.63, 3.8) is 0 Å². The van der Waals surface area contributed by atoms with E-state index in [-0.39, 0.29) is 44.4 Å². The van der Waals surface area contributed by atoms with Gasteiger partial charge in [0.25, 0.3) is 0 Å². The maximum absolute atomic E-state index is 13.7. The van der Waals surface area contributed by atoms with Gasteiger partial charge in [0, 0.05) is 69.7 Å². The van der Waals surface area contributed by atoms with Gasteiger partial charge in [-0.05, 0) is 190 Å². The van der Waals surface area contributed by atoms with E-state index in [2.05, 4.69) is 94.9 Å². The zero-order chi connectivity index (χ0) is 102. The van der Waals surface area contributed by atoms with Gasteiger partial charge in [0.15, 0.2) is 0 Å². The molecule has 144 heavy (non-hydrogen) atoms. The van der Waals surface area contributed by atoms with Crippen LogP contribution in [0, 0.1) is 0 Å². The number of rotatable bonds is 11. The molecule has 20 nitrogen and oxygen atoms in total. The van der Waals surface area contributed by atoms with Gasteiger partial charge >= 0.3 is 0 Å². The van der Waals surface area contributed by atoms with Crippen LogP contribution < -0.4 is 0 Å². The van der Waals surface area contributed by atoms with Crippen LogP contribution in [0.1, 0.15) is 57.8 Å². The molecule has 0 bridgehead atoms. The molecule has 0 radical (unpaired) electrons. The Bertz CT molecular complexity index is 10600. The number of para-hydroxylation sites is 9. The highest BCUT2D eigenvalue weighted by Crippen LogP contribution is 2.49. The van der Waals surface area contributed by atoms with Crippen molar-refractivity contribution in [3.8, 4) is 90.0 Å². The Morgan fingerprint density at radius 3 is 0.979 bits per heavy atom. The Morgan fingerprint density at radius 2 is 0.549 bits per heavy atom. The van der Waals surface area contributed by atoms with E-state index in [0.29, 0.717) is 128 Å². The van der Waals surface area contributed by atoms with E-state index in [0.717, 1.165) is 107 Å². The second-order valence-electron chi connectivity index (χ2n) is 35.9. The van der Waals surface area contributed by atoms with Gasteiger partial charge in [-0.3, -0.25) is 18.3 Å². The van der Waals surface area contributed by atoms with Crippen LogP contribution in [0.2, 0.25) is 0 Å². The molecule has 0 saturated heterocycles. The van der Waals surface area contributed by atoms with Gasteiger partial charge in [0.1, 0.15) is 23.3 Å². The first-order valence-electron chi connectivity index (χ1n) is 49.9. The summed E-state index contributed by atoms with van der Waals surface area (Å²) in [5, 5.41) is 7.10. The maximum atomic E-state index is 13.7. The van der Waals surface area contributed by atoms with Crippen LogP contribution in [0.4, 0.5) is 0 Å². The first-order chi connectivity index (χ1) is 72.3. The van der Waals surface area contributed by atoms with Gasteiger partial charge in [0.2, 0.25) is 39.3 Å². The first kappa shape index (κ1) is 81.7. The number of nitrogens with zero attached hydrogens (tertiary/aromatic N) is 12. The summed E-state index contributed by atoms with van der Waals surface area (Å²) in [6, 6.07) is 112. The van der Waals surface area contributed by atoms with Gasteiger partial charge in [-0.2, -0.15) is 0 Å². The number of fused-ring (bicyclic) bond motifs is 17.